The van der Waals surface area contributed by atoms with Crippen LogP contribution in [0.15, 0.2) is 6.33 Å². The van der Waals surface area contributed by atoms with Gasteiger partial charge in [-0.1, -0.05) is 0 Å². The van der Waals surface area contributed by atoms with Gasteiger partial charge in [-0.3, -0.25) is 5.32 Å². The van der Waals surface area contributed by atoms with Crippen LogP contribution in [-0.4, -0.2) is 39.9 Å². The van der Waals surface area contributed by atoms with Gasteiger partial charge in [0.05, 0.1) is 12.2 Å². The van der Waals surface area contributed by atoms with Crippen molar-refractivity contribution in [2.75, 3.05) is 18.5 Å². The lowest BCUT2D eigenvalue weighted by atomic mass is 9.95. The first-order valence-electron chi connectivity index (χ1n) is 11.6. The van der Waals surface area contributed by atoms with Crippen molar-refractivity contribution in [2.24, 2.45) is 0 Å². The largest absolute Gasteiger partial charge is 0.462 e. The van der Waals surface area contributed by atoms with Crippen LogP contribution in [0.3, 0.4) is 0 Å². The van der Waals surface area contributed by atoms with E-state index in [2.05, 4.69) is 26.0 Å². The topological polar surface area (TPSA) is 110 Å². The van der Waals surface area contributed by atoms with Crippen molar-refractivity contribution in [3.05, 3.63) is 44.2 Å². The minimum absolute atomic E-state index is 0.303. The summed E-state index contributed by atoms with van der Waals surface area (Å²) >= 11 is 3.17. The molecular weight excluding hydrogens is 472 g/mol. The Morgan fingerprint density at radius 1 is 1.18 bits per heavy atom. The molecule has 3 aromatic heterocycles. The zero-order chi connectivity index (χ0) is 23.7. The number of carbonyl (C=O) groups excluding carboxylic acids is 2. The Morgan fingerprint density at radius 2 is 2.03 bits per heavy atom. The van der Waals surface area contributed by atoms with Crippen LogP contribution in [-0.2, 0) is 37.1 Å². The highest BCUT2D eigenvalue weighted by molar-refractivity contribution is 7.17. The minimum Gasteiger partial charge on any atom is -0.462 e. The van der Waals surface area contributed by atoms with Gasteiger partial charge in [-0.2, -0.15) is 5.10 Å². The van der Waals surface area contributed by atoms with Gasteiger partial charge < -0.3 is 15.4 Å². The third-order valence-corrected chi connectivity index (χ3v) is 8.61. The molecule has 0 aromatic carbocycles. The molecule has 0 radical (unpaired) electrons. The molecule has 3 aromatic rings. The van der Waals surface area contributed by atoms with Crippen molar-refractivity contribution in [2.45, 2.75) is 59.0 Å². The maximum atomic E-state index is 13.0. The number of thiophene rings is 2. The molecule has 0 saturated carbocycles. The fourth-order valence-corrected chi connectivity index (χ4v) is 7.11. The van der Waals surface area contributed by atoms with Crippen LogP contribution in [0.4, 0.5) is 9.80 Å². The Bertz CT molecular complexity index is 1230. The minimum atomic E-state index is -0.361. The Kier molecular flexibility index (Phi) is 6.66. The van der Waals surface area contributed by atoms with E-state index in [4.69, 9.17) is 4.74 Å². The van der Waals surface area contributed by atoms with E-state index in [1.165, 1.54) is 26.7 Å². The first kappa shape index (κ1) is 23.0. The molecule has 2 amide bonds. The number of urea groups is 1. The van der Waals surface area contributed by atoms with Crippen LogP contribution in [0.25, 0.3) is 5.00 Å². The summed E-state index contributed by atoms with van der Waals surface area (Å²) in [5.41, 5.74) is 3.89. The zero-order valence-corrected chi connectivity index (χ0v) is 21.0. The number of nitrogens with one attached hydrogen (secondary N) is 3. The lowest BCUT2D eigenvalue weighted by Gasteiger charge is -2.15. The Hall–Kier alpha value is -2.76. The molecule has 9 nitrogen and oxygen atoms in total. The van der Waals surface area contributed by atoms with E-state index in [1.807, 2.05) is 6.92 Å². The number of ether oxygens (including phenoxy) is 1. The van der Waals surface area contributed by atoms with Crippen LogP contribution in [0.1, 0.15) is 62.4 Å². The summed E-state index contributed by atoms with van der Waals surface area (Å²) in [5.74, 6) is 0.342. The van der Waals surface area contributed by atoms with Crippen molar-refractivity contribution in [1.82, 2.24) is 25.4 Å². The monoisotopic (exact) mass is 500 g/mol. The Morgan fingerprint density at radius 3 is 2.82 bits per heavy atom. The van der Waals surface area contributed by atoms with Crippen LogP contribution < -0.4 is 16.0 Å². The summed E-state index contributed by atoms with van der Waals surface area (Å²) in [7, 11) is 0. The summed E-state index contributed by atoms with van der Waals surface area (Å²) < 4.78 is 7.09. The highest BCUT2D eigenvalue weighted by atomic mass is 32.1. The van der Waals surface area contributed by atoms with Crippen molar-refractivity contribution < 1.29 is 14.3 Å². The van der Waals surface area contributed by atoms with E-state index in [1.54, 1.807) is 29.3 Å². The number of anilines is 1. The third kappa shape index (κ3) is 4.47. The molecule has 0 bridgehead atoms. The number of amides is 2. The highest BCUT2D eigenvalue weighted by Gasteiger charge is 2.28. The number of esters is 1. The molecule has 5 rings (SSSR count). The van der Waals surface area contributed by atoms with Gasteiger partial charge in [-0.05, 0) is 63.6 Å². The molecule has 1 aliphatic heterocycles. The van der Waals surface area contributed by atoms with E-state index >= 15 is 0 Å². The number of nitrogens with zero attached hydrogens (tertiary/aromatic N) is 3. The van der Waals surface area contributed by atoms with E-state index in [0.717, 1.165) is 61.3 Å². The van der Waals surface area contributed by atoms with Gasteiger partial charge in [0.15, 0.2) is 0 Å². The number of rotatable bonds is 6. The molecule has 11 heteroatoms. The predicted octanol–water partition coefficient (Wildman–Crippen LogP) is 3.72. The SMILES string of the molecule is CCOC(=O)c1c(NC(=O)NCc2c(-n3cnc(C)n3)sc3c2CCNC3)sc2c1CCCC2. The first-order chi connectivity index (χ1) is 16.5. The molecule has 1 aliphatic carbocycles. The number of carbonyl (C=O) groups is 2. The van der Waals surface area contributed by atoms with Gasteiger partial charge in [0.25, 0.3) is 0 Å². The first-order valence-corrected chi connectivity index (χ1v) is 13.3. The second-order valence-electron chi connectivity index (χ2n) is 8.39. The van der Waals surface area contributed by atoms with E-state index < -0.39 is 0 Å². The average Bonchev–Trinajstić information content (AvgIpc) is 3.52. The summed E-state index contributed by atoms with van der Waals surface area (Å²) in [6.45, 7) is 6.04. The molecule has 2 aliphatic rings. The second-order valence-corrected chi connectivity index (χ2v) is 10.6. The van der Waals surface area contributed by atoms with Crippen LogP contribution in [0.5, 0.6) is 0 Å². The molecule has 180 valence electrons. The second kappa shape index (κ2) is 9.85. The molecule has 0 saturated heterocycles. The maximum Gasteiger partial charge on any atom is 0.341 e. The number of fused-ring (bicyclic) bond motifs is 2. The molecule has 0 fully saturated rings. The van der Waals surface area contributed by atoms with Crippen LogP contribution in [0, 0.1) is 6.92 Å². The molecule has 4 heterocycles. The van der Waals surface area contributed by atoms with E-state index in [0.29, 0.717) is 29.5 Å². The maximum absolute atomic E-state index is 13.0. The number of aromatic nitrogens is 3. The van der Waals surface area contributed by atoms with Gasteiger partial charge in [0, 0.05) is 28.4 Å². The van der Waals surface area contributed by atoms with Gasteiger partial charge in [-0.25, -0.2) is 19.3 Å². The van der Waals surface area contributed by atoms with Crippen molar-refractivity contribution in [3.63, 3.8) is 0 Å². The molecular formula is C23H28N6O3S2. The molecule has 0 unspecified atom stereocenters. The lowest BCUT2D eigenvalue weighted by Crippen LogP contribution is -2.30. The van der Waals surface area contributed by atoms with E-state index in [9.17, 15) is 9.59 Å². The number of hydrogen-bond donors (Lipinski definition) is 3. The lowest BCUT2D eigenvalue weighted by molar-refractivity contribution is 0.0526. The summed E-state index contributed by atoms with van der Waals surface area (Å²) in [6.07, 6.45) is 6.55. The standard InChI is InChI=1S/C23H28N6O3S2/c1-3-32-22(30)19-15-6-4-5-7-17(15)33-20(19)27-23(31)25-10-16-14-8-9-24-11-18(14)34-21(16)29-12-26-13(2)28-29/h12,24H,3-11H2,1-2H3,(H2,25,27,31). The number of hydrogen-bond acceptors (Lipinski definition) is 8. The fraction of sp³-hybridized carbons (Fsp3) is 0.478. The average molecular weight is 501 g/mol. The smallest absolute Gasteiger partial charge is 0.341 e. The fourth-order valence-electron chi connectivity index (χ4n) is 4.59. The molecule has 0 spiro atoms. The van der Waals surface area contributed by atoms with Gasteiger partial charge in [0.1, 0.15) is 22.2 Å². The van der Waals surface area contributed by atoms with Crippen molar-refractivity contribution in [1.29, 1.82) is 0 Å². The third-order valence-electron chi connectivity index (χ3n) is 6.13. The summed E-state index contributed by atoms with van der Waals surface area (Å²) in [6, 6.07) is -0.334. The summed E-state index contributed by atoms with van der Waals surface area (Å²) in [4.78, 5) is 32.3. The molecule has 0 atom stereocenters. The predicted molar refractivity (Wildman–Crippen MR) is 132 cm³/mol. The number of aryl methyl sites for hydroxylation is 2. The van der Waals surface area contributed by atoms with Gasteiger partial charge in [-0.15, -0.1) is 22.7 Å². The van der Waals surface area contributed by atoms with Crippen molar-refractivity contribution in [3.8, 4) is 5.00 Å². The molecule has 34 heavy (non-hydrogen) atoms. The zero-order valence-electron chi connectivity index (χ0n) is 19.3. The van der Waals surface area contributed by atoms with Crippen LogP contribution in [0.2, 0.25) is 0 Å². The summed E-state index contributed by atoms with van der Waals surface area (Å²) in [5, 5.41) is 15.4. The van der Waals surface area contributed by atoms with Gasteiger partial charge in [0.2, 0.25) is 0 Å². The van der Waals surface area contributed by atoms with Crippen molar-refractivity contribution >= 4 is 39.7 Å². The van der Waals surface area contributed by atoms with E-state index in [-0.39, 0.29) is 12.0 Å². The van der Waals surface area contributed by atoms with Gasteiger partial charge >= 0.3 is 12.0 Å². The van der Waals surface area contributed by atoms with Crippen LogP contribution >= 0.6 is 22.7 Å². The Labute approximate surface area is 205 Å². The molecule has 3 N–H and O–H groups in total. The Balaban J connectivity index is 1.36. The quantitative estimate of drug-likeness (QED) is 0.445. The normalized spacial score (nSPS) is 14.9. The highest BCUT2D eigenvalue weighted by Crippen LogP contribution is 2.39.